The zero-order chi connectivity index (χ0) is 28.2. The van der Waals surface area contributed by atoms with E-state index in [9.17, 15) is 0 Å². The zero-order valence-electron chi connectivity index (χ0n) is 24.5. The second kappa shape index (κ2) is 37.1. The zero-order valence-corrected chi connectivity index (χ0v) is 24.5. The van der Waals surface area contributed by atoms with Crippen LogP contribution in [0.1, 0.15) is 32.6 Å². The Bertz CT molecular complexity index is 444. The summed E-state index contributed by atoms with van der Waals surface area (Å²) in [5, 5.41) is 0. The second-order valence-electron chi connectivity index (χ2n) is 8.22. The van der Waals surface area contributed by atoms with E-state index in [2.05, 4.69) is 13.5 Å². The first-order valence-corrected chi connectivity index (χ1v) is 14.4. The molecule has 0 heterocycles. The highest BCUT2D eigenvalue weighted by Crippen LogP contribution is 1.98. The summed E-state index contributed by atoms with van der Waals surface area (Å²) in [5.41, 5.74) is 0. The standard InChI is InChI=1S/C28H56O11/c1-3-5-6-7-8-30-11-12-32-15-16-34-19-20-36-23-24-38-27-28-39-26-25-37-22-21-35-18-17-33-14-13-31-10-9-29-4-2/h4H,2-3,5-28H2,1H3. The minimum absolute atomic E-state index is 0.506. The Hall–Kier alpha value is -0.860. The Balaban J connectivity index is 3.02. The Morgan fingerprint density at radius 2 is 0.590 bits per heavy atom. The van der Waals surface area contributed by atoms with E-state index in [-0.39, 0.29) is 0 Å². The first-order valence-electron chi connectivity index (χ1n) is 14.4. The van der Waals surface area contributed by atoms with Crippen LogP contribution in [0.5, 0.6) is 0 Å². The third kappa shape index (κ3) is 37.1. The molecule has 0 aliphatic heterocycles. The maximum absolute atomic E-state index is 5.52. The Morgan fingerprint density at radius 1 is 0.333 bits per heavy atom. The first kappa shape index (κ1) is 38.1. The smallest absolute Gasteiger partial charge is 0.111 e. The molecule has 11 heteroatoms. The number of rotatable bonds is 36. The van der Waals surface area contributed by atoms with E-state index in [1.165, 1.54) is 25.5 Å². The van der Waals surface area contributed by atoms with Crippen LogP contribution in [-0.4, -0.2) is 139 Å². The fraction of sp³-hybridized carbons (Fsp3) is 0.929. The van der Waals surface area contributed by atoms with E-state index in [4.69, 9.17) is 52.1 Å². The molecule has 39 heavy (non-hydrogen) atoms. The molecule has 234 valence electrons. The maximum Gasteiger partial charge on any atom is 0.111 e. The number of hydrogen-bond acceptors (Lipinski definition) is 11. The van der Waals surface area contributed by atoms with Crippen LogP contribution in [0.15, 0.2) is 12.8 Å². The molecular weight excluding hydrogens is 512 g/mol. The van der Waals surface area contributed by atoms with Gasteiger partial charge in [0, 0.05) is 6.61 Å². The van der Waals surface area contributed by atoms with Crippen molar-refractivity contribution < 1.29 is 52.1 Å². The van der Waals surface area contributed by atoms with Crippen LogP contribution in [0, 0.1) is 0 Å². The predicted octanol–water partition coefficient (Wildman–Crippen LogP) is 2.89. The van der Waals surface area contributed by atoms with Crippen LogP contribution in [0.25, 0.3) is 0 Å². The molecule has 0 aliphatic carbocycles. The number of unbranched alkanes of at least 4 members (excludes halogenated alkanes) is 3. The predicted molar refractivity (Wildman–Crippen MR) is 148 cm³/mol. The van der Waals surface area contributed by atoms with Gasteiger partial charge in [-0.15, -0.1) is 0 Å². The summed E-state index contributed by atoms with van der Waals surface area (Å²) in [5.74, 6) is 0. The molecule has 0 spiro atoms. The Kier molecular flexibility index (Phi) is 36.3. The van der Waals surface area contributed by atoms with Crippen LogP contribution in [-0.2, 0) is 52.1 Å². The summed E-state index contributed by atoms with van der Waals surface area (Å²) in [6.45, 7) is 17.3. The molecule has 0 amide bonds. The molecule has 0 N–H and O–H groups in total. The van der Waals surface area contributed by atoms with Crippen LogP contribution >= 0.6 is 0 Å². The van der Waals surface area contributed by atoms with Crippen molar-refractivity contribution in [2.45, 2.75) is 32.6 Å². The van der Waals surface area contributed by atoms with Crippen molar-refractivity contribution in [2.24, 2.45) is 0 Å². The van der Waals surface area contributed by atoms with Gasteiger partial charge in [0.15, 0.2) is 0 Å². The summed E-state index contributed by atoms with van der Waals surface area (Å²) < 4.78 is 59.4. The van der Waals surface area contributed by atoms with E-state index in [1.807, 2.05) is 0 Å². The average molecular weight is 569 g/mol. The molecule has 0 aliphatic rings. The van der Waals surface area contributed by atoms with E-state index in [0.717, 1.165) is 13.0 Å². The fourth-order valence-electron chi connectivity index (χ4n) is 2.90. The quantitative estimate of drug-likeness (QED) is 0.0824. The van der Waals surface area contributed by atoms with Crippen molar-refractivity contribution in [1.29, 1.82) is 0 Å². The summed E-state index contributed by atoms with van der Waals surface area (Å²) in [6, 6.07) is 0. The third-order valence-electron chi connectivity index (χ3n) is 4.95. The molecule has 0 fully saturated rings. The second-order valence-corrected chi connectivity index (χ2v) is 8.22. The molecule has 0 atom stereocenters. The van der Waals surface area contributed by atoms with E-state index in [0.29, 0.717) is 132 Å². The highest BCUT2D eigenvalue weighted by molar-refractivity contribution is 4.47. The molecule has 0 saturated heterocycles. The molecule has 0 unspecified atom stereocenters. The maximum atomic E-state index is 5.52. The molecule has 0 bridgehead atoms. The van der Waals surface area contributed by atoms with Gasteiger partial charge in [-0.05, 0) is 6.42 Å². The van der Waals surface area contributed by atoms with Crippen molar-refractivity contribution in [3.05, 3.63) is 12.8 Å². The number of hydrogen-bond donors (Lipinski definition) is 0. The van der Waals surface area contributed by atoms with Gasteiger partial charge in [-0.2, -0.15) is 0 Å². The molecular formula is C28H56O11. The lowest BCUT2D eigenvalue weighted by molar-refractivity contribution is -0.0269. The van der Waals surface area contributed by atoms with Gasteiger partial charge in [0.05, 0.1) is 132 Å². The fourth-order valence-corrected chi connectivity index (χ4v) is 2.90. The minimum atomic E-state index is 0.506. The molecule has 0 aromatic heterocycles. The van der Waals surface area contributed by atoms with Crippen LogP contribution in [0.2, 0.25) is 0 Å². The Morgan fingerprint density at radius 3 is 0.846 bits per heavy atom. The summed E-state index contributed by atoms with van der Waals surface area (Å²) in [4.78, 5) is 0. The van der Waals surface area contributed by atoms with Gasteiger partial charge in [-0.1, -0.05) is 32.8 Å². The summed E-state index contributed by atoms with van der Waals surface area (Å²) in [6.07, 6.45) is 6.30. The van der Waals surface area contributed by atoms with Gasteiger partial charge < -0.3 is 52.1 Å². The van der Waals surface area contributed by atoms with Gasteiger partial charge in [-0.3, -0.25) is 0 Å². The van der Waals surface area contributed by atoms with Crippen molar-refractivity contribution in [3.8, 4) is 0 Å². The highest BCUT2D eigenvalue weighted by atomic mass is 16.6. The van der Waals surface area contributed by atoms with Gasteiger partial charge in [0.1, 0.15) is 6.61 Å². The van der Waals surface area contributed by atoms with Gasteiger partial charge in [-0.25, -0.2) is 0 Å². The molecule has 0 saturated carbocycles. The highest BCUT2D eigenvalue weighted by Gasteiger charge is 1.96. The minimum Gasteiger partial charge on any atom is -0.499 e. The van der Waals surface area contributed by atoms with E-state index in [1.54, 1.807) is 0 Å². The van der Waals surface area contributed by atoms with Gasteiger partial charge >= 0.3 is 0 Å². The van der Waals surface area contributed by atoms with Crippen LogP contribution in [0.3, 0.4) is 0 Å². The van der Waals surface area contributed by atoms with Crippen LogP contribution < -0.4 is 0 Å². The SMILES string of the molecule is C=COCCOCCOCCOCCOCCOCCOCCOCCOCCOCCOCCCCCC. The van der Waals surface area contributed by atoms with Gasteiger partial charge in [0.25, 0.3) is 0 Å². The third-order valence-corrected chi connectivity index (χ3v) is 4.95. The number of ether oxygens (including phenoxy) is 11. The molecule has 0 aromatic rings. The topological polar surface area (TPSA) is 102 Å². The van der Waals surface area contributed by atoms with Crippen molar-refractivity contribution in [2.75, 3.05) is 139 Å². The average Bonchev–Trinajstić information content (AvgIpc) is 2.95. The summed E-state index contributed by atoms with van der Waals surface area (Å²) >= 11 is 0. The van der Waals surface area contributed by atoms with Crippen molar-refractivity contribution >= 4 is 0 Å². The van der Waals surface area contributed by atoms with Gasteiger partial charge in [0.2, 0.25) is 0 Å². The van der Waals surface area contributed by atoms with E-state index >= 15 is 0 Å². The lowest BCUT2D eigenvalue weighted by Crippen LogP contribution is -2.15. The van der Waals surface area contributed by atoms with E-state index < -0.39 is 0 Å². The van der Waals surface area contributed by atoms with Crippen LogP contribution in [0.4, 0.5) is 0 Å². The summed E-state index contributed by atoms with van der Waals surface area (Å²) in [7, 11) is 0. The molecule has 11 nitrogen and oxygen atoms in total. The Labute approximate surface area is 236 Å². The monoisotopic (exact) mass is 568 g/mol. The molecule has 0 rings (SSSR count). The normalized spacial score (nSPS) is 11.3. The molecule has 0 radical (unpaired) electrons. The molecule has 0 aromatic carbocycles. The first-order chi connectivity index (χ1) is 19.4. The van der Waals surface area contributed by atoms with Crippen molar-refractivity contribution in [1.82, 2.24) is 0 Å². The largest absolute Gasteiger partial charge is 0.499 e. The van der Waals surface area contributed by atoms with Crippen molar-refractivity contribution in [3.63, 3.8) is 0 Å². The lowest BCUT2D eigenvalue weighted by Gasteiger charge is -2.09. The lowest BCUT2D eigenvalue weighted by atomic mass is 10.2.